The Morgan fingerprint density at radius 2 is 1.14 bits per heavy atom. The van der Waals surface area contributed by atoms with E-state index >= 15 is 0 Å². The Bertz CT molecular complexity index is 1370. The lowest BCUT2D eigenvalue weighted by atomic mass is 9.97. The molecule has 4 aromatic carbocycles. The molecule has 0 N–H and O–H groups in total. The lowest BCUT2D eigenvalue weighted by Crippen LogP contribution is -2.61. The second kappa shape index (κ2) is 16.6. The van der Waals surface area contributed by atoms with Crippen molar-refractivity contribution in [1.82, 2.24) is 0 Å². The third kappa shape index (κ3) is 9.30. The van der Waals surface area contributed by atoms with Gasteiger partial charge in [-0.1, -0.05) is 123 Å². The normalized spacial score (nSPS) is 22.0. The SMILES string of the molecule is CO[C@H]1O[C@H](COCc2ccc(Br)cc2)[C@@H](OCc2ccccc2)[C@H](OCc2ccccc2)[C@H]1OCc1ccccc1Br. The van der Waals surface area contributed by atoms with Crippen LogP contribution in [-0.4, -0.2) is 44.4 Å². The fourth-order valence-corrected chi connectivity index (χ4v) is 5.64. The number of halogens is 2. The van der Waals surface area contributed by atoms with Crippen molar-refractivity contribution in [3.8, 4) is 0 Å². The van der Waals surface area contributed by atoms with E-state index in [1.807, 2.05) is 109 Å². The summed E-state index contributed by atoms with van der Waals surface area (Å²) in [6.07, 6.45) is -2.73. The molecule has 0 bridgehead atoms. The first-order valence-electron chi connectivity index (χ1n) is 14.3. The summed E-state index contributed by atoms with van der Waals surface area (Å²) in [6, 6.07) is 36.2. The first kappa shape index (κ1) is 32.0. The summed E-state index contributed by atoms with van der Waals surface area (Å²) in [5, 5.41) is 0. The van der Waals surface area contributed by atoms with Gasteiger partial charge in [-0.3, -0.25) is 0 Å². The fourth-order valence-electron chi connectivity index (χ4n) is 4.98. The van der Waals surface area contributed by atoms with Gasteiger partial charge in [-0.15, -0.1) is 0 Å². The van der Waals surface area contributed by atoms with Crippen molar-refractivity contribution in [3.05, 3.63) is 140 Å². The molecule has 1 aliphatic heterocycles. The summed E-state index contributed by atoms with van der Waals surface area (Å²) in [4.78, 5) is 0. The van der Waals surface area contributed by atoms with E-state index in [4.69, 9.17) is 28.4 Å². The van der Waals surface area contributed by atoms with Crippen molar-refractivity contribution < 1.29 is 28.4 Å². The molecule has 5 rings (SSSR count). The van der Waals surface area contributed by atoms with Crippen LogP contribution in [0.4, 0.5) is 0 Å². The van der Waals surface area contributed by atoms with Gasteiger partial charge in [-0.05, 0) is 40.5 Å². The molecular weight excluding hydrogens is 676 g/mol. The monoisotopic (exact) mass is 710 g/mol. The van der Waals surface area contributed by atoms with Gasteiger partial charge >= 0.3 is 0 Å². The Hall–Kier alpha value is -2.40. The summed E-state index contributed by atoms with van der Waals surface area (Å²) in [7, 11) is 1.62. The maximum Gasteiger partial charge on any atom is 0.186 e. The molecule has 0 aromatic heterocycles. The van der Waals surface area contributed by atoms with E-state index in [-0.39, 0.29) is 6.61 Å². The van der Waals surface area contributed by atoms with Gasteiger partial charge in [0, 0.05) is 16.1 Å². The van der Waals surface area contributed by atoms with Gasteiger partial charge in [0.1, 0.15) is 24.4 Å². The van der Waals surface area contributed by atoms with Crippen LogP contribution in [-0.2, 0) is 54.8 Å². The van der Waals surface area contributed by atoms with Gasteiger partial charge in [0.15, 0.2) is 6.29 Å². The third-order valence-corrected chi connectivity index (χ3v) is 8.55. The molecule has 0 aliphatic carbocycles. The van der Waals surface area contributed by atoms with Crippen LogP contribution in [0.2, 0.25) is 0 Å². The first-order chi connectivity index (χ1) is 21.1. The summed E-state index contributed by atoms with van der Waals surface area (Å²) in [6.45, 7) is 1.84. The third-order valence-electron chi connectivity index (χ3n) is 7.25. The minimum Gasteiger partial charge on any atom is -0.374 e. The minimum absolute atomic E-state index is 0.289. The van der Waals surface area contributed by atoms with E-state index in [2.05, 4.69) is 31.9 Å². The van der Waals surface area contributed by atoms with Crippen LogP contribution in [0.5, 0.6) is 0 Å². The molecule has 0 spiro atoms. The topological polar surface area (TPSA) is 55.4 Å². The zero-order valence-electron chi connectivity index (χ0n) is 24.0. The van der Waals surface area contributed by atoms with E-state index in [0.717, 1.165) is 31.2 Å². The number of methoxy groups -OCH3 is 1. The number of ether oxygens (including phenoxy) is 6. The second-order valence-electron chi connectivity index (χ2n) is 10.3. The molecule has 0 radical (unpaired) electrons. The number of benzene rings is 4. The molecule has 1 heterocycles. The highest BCUT2D eigenvalue weighted by molar-refractivity contribution is 9.10. The van der Waals surface area contributed by atoms with Crippen molar-refractivity contribution >= 4 is 31.9 Å². The van der Waals surface area contributed by atoms with Crippen LogP contribution in [0.25, 0.3) is 0 Å². The van der Waals surface area contributed by atoms with Crippen LogP contribution in [0.1, 0.15) is 22.3 Å². The minimum atomic E-state index is -0.693. The number of hydrogen-bond acceptors (Lipinski definition) is 6. The van der Waals surface area contributed by atoms with Gasteiger partial charge < -0.3 is 28.4 Å². The van der Waals surface area contributed by atoms with Crippen LogP contribution in [0.15, 0.2) is 118 Å². The van der Waals surface area contributed by atoms with Gasteiger partial charge in [0.05, 0.1) is 33.0 Å². The van der Waals surface area contributed by atoms with E-state index in [1.54, 1.807) is 7.11 Å². The standard InChI is InChI=1S/C35H36Br2O6/c1-38-35-34(42-23-28-14-8-9-15-30(28)37)33(41-22-26-12-6-3-7-13-26)32(40-21-25-10-4-2-5-11-25)31(43-35)24-39-20-27-16-18-29(36)19-17-27/h2-19,31-35H,20-24H2,1H3/t31-,32-,33+,34-,35+/m1/s1. The zero-order chi connectivity index (χ0) is 29.9. The summed E-state index contributed by atoms with van der Waals surface area (Å²) in [5.74, 6) is 0. The van der Waals surface area contributed by atoms with Crippen molar-refractivity contribution in [2.24, 2.45) is 0 Å². The predicted octanol–water partition coefficient (Wildman–Crippen LogP) is 7.86. The molecule has 0 saturated carbocycles. The van der Waals surface area contributed by atoms with Crippen molar-refractivity contribution in [2.45, 2.75) is 57.1 Å². The molecule has 8 heteroatoms. The van der Waals surface area contributed by atoms with E-state index in [1.165, 1.54) is 0 Å². The molecule has 1 saturated heterocycles. The maximum absolute atomic E-state index is 6.66. The highest BCUT2D eigenvalue weighted by Crippen LogP contribution is 2.32. The van der Waals surface area contributed by atoms with Gasteiger partial charge in [0.2, 0.25) is 0 Å². The van der Waals surface area contributed by atoms with Crippen LogP contribution < -0.4 is 0 Å². The number of hydrogen-bond donors (Lipinski definition) is 0. The van der Waals surface area contributed by atoms with Gasteiger partial charge in [-0.25, -0.2) is 0 Å². The molecule has 1 fully saturated rings. The molecule has 43 heavy (non-hydrogen) atoms. The van der Waals surface area contributed by atoms with Gasteiger partial charge in [-0.2, -0.15) is 0 Å². The summed E-state index contributed by atoms with van der Waals surface area (Å²) < 4.78 is 40.4. The lowest BCUT2D eigenvalue weighted by Gasteiger charge is -2.45. The lowest BCUT2D eigenvalue weighted by molar-refractivity contribution is -0.323. The Balaban J connectivity index is 1.39. The largest absolute Gasteiger partial charge is 0.374 e. The van der Waals surface area contributed by atoms with Crippen molar-refractivity contribution in [2.75, 3.05) is 13.7 Å². The van der Waals surface area contributed by atoms with E-state index in [0.29, 0.717) is 26.4 Å². The molecule has 0 amide bonds. The summed E-state index contributed by atoms with van der Waals surface area (Å²) >= 11 is 7.13. The Morgan fingerprint density at radius 1 is 0.581 bits per heavy atom. The Labute approximate surface area is 270 Å². The molecule has 226 valence electrons. The second-order valence-corrected chi connectivity index (χ2v) is 12.1. The van der Waals surface area contributed by atoms with Crippen LogP contribution in [0.3, 0.4) is 0 Å². The van der Waals surface area contributed by atoms with Crippen molar-refractivity contribution in [1.29, 1.82) is 0 Å². The smallest absolute Gasteiger partial charge is 0.186 e. The molecular formula is C35H36Br2O6. The fraction of sp³-hybridized carbons (Fsp3) is 0.314. The van der Waals surface area contributed by atoms with Crippen LogP contribution >= 0.6 is 31.9 Å². The van der Waals surface area contributed by atoms with E-state index in [9.17, 15) is 0 Å². The predicted molar refractivity (Wildman–Crippen MR) is 172 cm³/mol. The maximum atomic E-state index is 6.66. The zero-order valence-corrected chi connectivity index (χ0v) is 27.2. The van der Waals surface area contributed by atoms with E-state index < -0.39 is 30.7 Å². The Morgan fingerprint density at radius 3 is 1.77 bits per heavy atom. The quantitative estimate of drug-likeness (QED) is 0.133. The molecule has 5 atom stereocenters. The van der Waals surface area contributed by atoms with Crippen molar-refractivity contribution in [3.63, 3.8) is 0 Å². The molecule has 6 nitrogen and oxygen atoms in total. The molecule has 1 aliphatic rings. The molecule has 4 aromatic rings. The average molecular weight is 712 g/mol. The summed E-state index contributed by atoms with van der Waals surface area (Å²) in [5.41, 5.74) is 4.19. The first-order valence-corrected chi connectivity index (χ1v) is 15.9. The Kier molecular flexibility index (Phi) is 12.4. The highest BCUT2D eigenvalue weighted by Gasteiger charge is 2.48. The average Bonchev–Trinajstić information content (AvgIpc) is 3.04. The molecule has 0 unspecified atom stereocenters. The number of rotatable bonds is 14. The highest BCUT2D eigenvalue weighted by atomic mass is 79.9. The van der Waals surface area contributed by atoms with Crippen LogP contribution in [0, 0.1) is 0 Å². The van der Waals surface area contributed by atoms with Gasteiger partial charge in [0.25, 0.3) is 0 Å².